The van der Waals surface area contributed by atoms with Crippen molar-refractivity contribution in [2.75, 3.05) is 6.54 Å². The smallest absolute Gasteiger partial charge is 0.325 e. The molecular weight excluding hydrogens is 384 g/mol. The Kier molecular flexibility index (Phi) is 4.86. The van der Waals surface area contributed by atoms with Crippen LogP contribution < -0.4 is 5.32 Å². The van der Waals surface area contributed by atoms with E-state index in [-0.39, 0.29) is 17.0 Å². The van der Waals surface area contributed by atoms with Crippen LogP contribution in [0.5, 0.6) is 0 Å². The number of carbonyl (C=O) groups excluding carboxylic acids is 4. The third kappa shape index (κ3) is 3.22. The molecule has 152 valence electrons. The third-order valence-corrected chi connectivity index (χ3v) is 5.11. The average molecular weight is 403 g/mol. The standard InChI is InChI=1S/C20H19F2N3O4/c1-9-16(11(3)26)10(2)23-17(9)15(27)8-25-18(28)20(4,24-19(25)29)13-7-12(21)5-6-14(13)22/h5-7,23H,8H2,1-4H3,(H,24,29)/t20-/m1/s1. The number of imide groups is 1. The topological polar surface area (TPSA) is 99.3 Å². The lowest BCUT2D eigenvalue weighted by molar-refractivity contribution is -0.130. The van der Waals surface area contributed by atoms with Gasteiger partial charge < -0.3 is 10.3 Å². The second kappa shape index (κ2) is 6.91. The number of ketones is 2. The minimum atomic E-state index is -1.85. The fraction of sp³-hybridized carbons (Fsp3) is 0.300. The number of H-pyrrole nitrogens is 1. The van der Waals surface area contributed by atoms with Gasteiger partial charge in [-0.1, -0.05) is 0 Å². The average Bonchev–Trinajstić information content (AvgIpc) is 3.05. The van der Waals surface area contributed by atoms with Crippen LogP contribution in [0.3, 0.4) is 0 Å². The van der Waals surface area contributed by atoms with Gasteiger partial charge in [-0.25, -0.2) is 13.6 Å². The summed E-state index contributed by atoms with van der Waals surface area (Å²) in [6, 6.07) is 1.68. The Balaban J connectivity index is 1.92. The lowest BCUT2D eigenvalue weighted by Crippen LogP contribution is -2.42. The van der Waals surface area contributed by atoms with Crippen LogP contribution in [0.2, 0.25) is 0 Å². The Hall–Kier alpha value is -3.36. The highest BCUT2D eigenvalue weighted by Crippen LogP contribution is 2.31. The SMILES string of the molecule is CC(=O)c1c(C)[nH]c(C(=O)CN2C(=O)N[C@](C)(c3cc(F)ccc3F)C2=O)c1C. The van der Waals surface area contributed by atoms with Gasteiger partial charge >= 0.3 is 6.03 Å². The molecule has 0 bridgehead atoms. The van der Waals surface area contributed by atoms with Gasteiger partial charge in [0.2, 0.25) is 0 Å². The summed E-state index contributed by atoms with van der Waals surface area (Å²) in [5.74, 6) is -3.33. The first-order valence-electron chi connectivity index (χ1n) is 8.80. The molecule has 0 unspecified atom stereocenters. The first-order valence-corrected chi connectivity index (χ1v) is 8.80. The number of benzene rings is 1. The molecule has 2 N–H and O–H groups in total. The number of aromatic nitrogens is 1. The van der Waals surface area contributed by atoms with Crippen molar-refractivity contribution in [3.63, 3.8) is 0 Å². The zero-order valence-corrected chi connectivity index (χ0v) is 16.3. The van der Waals surface area contributed by atoms with E-state index in [1.807, 2.05) is 0 Å². The second-order valence-corrected chi connectivity index (χ2v) is 7.17. The number of Topliss-reactive ketones (excluding diaryl/α,β-unsaturated/α-hetero) is 2. The molecule has 0 radical (unpaired) electrons. The minimum Gasteiger partial charge on any atom is -0.355 e. The molecule has 1 aromatic heterocycles. The van der Waals surface area contributed by atoms with Gasteiger partial charge in [-0.15, -0.1) is 0 Å². The van der Waals surface area contributed by atoms with E-state index in [0.29, 0.717) is 21.7 Å². The molecule has 9 heteroatoms. The monoisotopic (exact) mass is 403 g/mol. The Morgan fingerprint density at radius 2 is 1.83 bits per heavy atom. The second-order valence-electron chi connectivity index (χ2n) is 7.17. The number of rotatable bonds is 5. The van der Waals surface area contributed by atoms with E-state index >= 15 is 0 Å². The van der Waals surface area contributed by atoms with Crippen LogP contribution in [0, 0.1) is 25.5 Å². The van der Waals surface area contributed by atoms with Gasteiger partial charge in [-0.3, -0.25) is 19.3 Å². The van der Waals surface area contributed by atoms with Crippen LogP contribution in [0.25, 0.3) is 0 Å². The quantitative estimate of drug-likeness (QED) is 0.592. The molecule has 7 nitrogen and oxygen atoms in total. The molecule has 0 spiro atoms. The van der Waals surface area contributed by atoms with Crippen molar-refractivity contribution in [2.24, 2.45) is 0 Å². The molecule has 1 aromatic carbocycles. The van der Waals surface area contributed by atoms with Crippen LogP contribution in [0.1, 0.15) is 51.5 Å². The van der Waals surface area contributed by atoms with Crippen LogP contribution in [0.4, 0.5) is 13.6 Å². The Labute approximate surface area is 165 Å². The fourth-order valence-electron chi connectivity index (χ4n) is 3.68. The van der Waals surface area contributed by atoms with E-state index in [0.717, 1.165) is 18.2 Å². The van der Waals surface area contributed by atoms with Crippen molar-refractivity contribution in [3.8, 4) is 0 Å². The highest BCUT2D eigenvalue weighted by molar-refractivity contribution is 6.12. The Morgan fingerprint density at radius 1 is 1.17 bits per heavy atom. The molecular formula is C20H19F2N3O4. The van der Waals surface area contributed by atoms with E-state index in [1.165, 1.54) is 13.8 Å². The number of hydrogen-bond donors (Lipinski definition) is 2. The number of hydrogen-bond acceptors (Lipinski definition) is 4. The van der Waals surface area contributed by atoms with Crippen molar-refractivity contribution in [1.29, 1.82) is 0 Å². The van der Waals surface area contributed by atoms with E-state index in [9.17, 15) is 28.0 Å². The zero-order valence-electron chi connectivity index (χ0n) is 16.3. The summed E-state index contributed by atoms with van der Waals surface area (Å²) in [5, 5.41) is 2.33. The fourth-order valence-corrected chi connectivity index (χ4v) is 3.68. The summed E-state index contributed by atoms with van der Waals surface area (Å²) in [6.07, 6.45) is 0. The molecule has 1 aliphatic rings. The molecule has 3 rings (SSSR count). The maximum atomic E-state index is 14.2. The number of halogens is 2. The van der Waals surface area contributed by atoms with Gasteiger partial charge in [-0.2, -0.15) is 0 Å². The maximum Gasteiger partial charge on any atom is 0.325 e. The van der Waals surface area contributed by atoms with Crippen LogP contribution >= 0.6 is 0 Å². The number of urea groups is 1. The molecule has 0 saturated carbocycles. The van der Waals surface area contributed by atoms with Crippen molar-refractivity contribution in [1.82, 2.24) is 15.2 Å². The van der Waals surface area contributed by atoms with Crippen molar-refractivity contribution in [2.45, 2.75) is 33.2 Å². The number of nitrogens with one attached hydrogen (secondary N) is 2. The largest absolute Gasteiger partial charge is 0.355 e. The predicted molar refractivity (Wildman–Crippen MR) is 98.6 cm³/mol. The highest BCUT2D eigenvalue weighted by Gasteiger charge is 2.51. The van der Waals surface area contributed by atoms with Gasteiger partial charge in [0, 0.05) is 16.8 Å². The van der Waals surface area contributed by atoms with E-state index < -0.39 is 41.4 Å². The van der Waals surface area contributed by atoms with Gasteiger partial charge in [0.05, 0.1) is 12.2 Å². The predicted octanol–water partition coefficient (Wildman–Crippen LogP) is 2.76. The van der Waals surface area contributed by atoms with E-state index in [2.05, 4.69) is 10.3 Å². The first-order chi connectivity index (χ1) is 13.5. The van der Waals surface area contributed by atoms with Gasteiger partial charge in [0.1, 0.15) is 17.2 Å². The summed E-state index contributed by atoms with van der Waals surface area (Å²) in [7, 11) is 0. The molecule has 1 aliphatic heterocycles. The third-order valence-electron chi connectivity index (χ3n) is 5.11. The molecule has 1 atom stereocenters. The Morgan fingerprint density at radius 3 is 2.41 bits per heavy atom. The zero-order chi connectivity index (χ0) is 21.7. The van der Waals surface area contributed by atoms with Crippen LogP contribution in [-0.4, -0.2) is 39.9 Å². The van der Waals surface area contributed by atoms with Crippen LogP contribution in [0.15, 0.2) is 18.2 Å². The summed E-state index contributed by atoms with van der Waals surface area (Å²) in [5.41, 5.74) is -0.782. The van der Waals surface area contributed by atoms with E-state index in [4.69, 9.17) is 0 Å². The molecule has 3 amide bonds. The van der Waals surface area contributed by atoms with Gasteiger partial charge in [0.15, 0.2) is 11.6 Å². The highest BCUT2D eigenvalue weighted by atomic mass is 19.1. The minimum absolute atomic E-state index is 0.110. The van der Waals surface area contributed by atoms with Crippen molar-refractivity contribution < 1.29 is 28.0 Å². The lowest BCUT2D eigenvalue weighted by atomic mass is 9.91. The summed E-state index contributed by atoms with van der Waals surface area (Å²) >= 11 is 0. The van der Waals surface area contributed by atoms with Crippen LogP contribution in [-0.2, 0) is 10.3 Å². The molecule has 1 saturated heterocycles. The normalized spacial score (nSPS) is 18.9. The number of aromatic amines is 1. The van der Waals surface area contributed by atoms with Gasteiger partial charge in [-0.05, 0) is 51.5 Å². The summed E-state index contributed by atoms with van der Waals surface area (Å²) in [4.78, 5) is 53.2. The molecule has 29 heavy (non-hydrogen) atoms. The van der Waals surface area contributed by atoms with E-state index in [1.54, 1.807) is 13.8 Å². The summed E-state index contributed by atoms with van der Waals surface area (Å²) in [6.45, 7) is 5.22. The maximum absolute atomic E-state index is 14.2. The molecule has 1 fully saturated rings. The number of nitrogens with zero attached hydrogens (tertiary/aromatic N) is 1. The van der Waals surface area contributed by atoms with Crippen molar-refractivity contribution in [3.05, 3.63) is 57.9 Å². The molecule has 2 heterocycles. The Bertz CT molecular complexity index is 1080. The number of carbonyl (C=O) groups is 4. The lowest BCUT2D eigenvalue weighted by Gasteiger charge is -2.22. The summed E-state index contributed by atoms with van der Waals surface area (Å²) < 4.78 is 27.8. The number of amides is 3. The molecule has 0 aliphatic carbocycles. The van der Waals surface area contributed by atoms with Crippen molar-refractivity contribution >= 4 is 23.5 Å². The molecule has 2 aromatic rings. The first kappa shape index (κ1) is 20.4. The van der Waals surface area contributed by atoms with Gasteiger partial charge in [0.25, 0.3) is 5.91 Å². The number of aryl methyl sites for hydroxylation is 1.